The Morgan fingerprint density at radius 1 is 0.594 bits per heavy atom. The van der Waals surface area contributed by atoms with Crippen LogP contribution < -0.4 is 0 Å². The van der Waals surface area contributed by atoms with Crippen LogP contribution in [0.4, 0.5) is 0 Å². The molecule has 0 aliphatic carbocycles. The first-order valence-electron chi connectivity index (χ1n) is 12.6. The fourth-order valence-electron chi connectivity index (χ4n) is 3.53. The molecule has 3 radical (unpaired) electrons. The first-order chi connectivity index (χ1) is 15.2. The van der Waals surface area contributed by atoms with Gasteiger partial charge in [-0.2, -0.15) is 0 Å². The second kappa shape index (κ2) is 17.7. The van der Waals surface area contributed by atoms with Crippen molar-refractivity contribution in [1.82, 2.24) is 0 Å². The van der Waals surface area contributed by atoms with Gasteiger partial charge in [-0.25, -0.2) is 0 Å². The molecule has 3 atom stereocenters. The van der Waals surface area contributed by atoms with E-state index in [2.05, 4.69) is 20.8 Å². The SMILES string of the molecule is CCCCC(CC)C(=O)O[C]([Sn])(OC(=O)C(CC)CCCC)OC(=O)C(CC)CCCC. The van der Waals surface area contributed by atoms with E-state index in [1.807, 2.05) is 20.8 Å². The van der Waals surface area contributed by atoms with Gasteiger partial charge in [-0.1, -0.05) is 0 Å². The summed E-state index contributed by atoms with van der Waals surface area (Å²) in [6.07, 6.45) is 9.58. The number of unbranched alkanes of at least 4 members (excludes halogenated alkanes) is 3. The third-order valence-electron chi connectivity index (χ3n) is 5.90. The fraction of sp³-hybridized carbons (Fsp3) is 0.880. The molecular formula is C25H45O6Sn. The third kappa shape index (κ3) is 11.9. The van der Waals surface area contributed by atoms with E-state index in [1.54, 1.807) is 0 Å². The first-order valence-corrected chi connectivity index (χ1v) is 14.1. The van der Waals surface area contributed by atoms with Crippen LogP contribution in [-0.2, 0) is 28.6 Å². The van der Waals surface area contributed by atoms with Crippen LogP contribution in [0.2, 0.25) is 0 Å². The van der Waals surface area contributed by atoms with Gasteiger partial charge in [0.1, 0.15) is 0 Å². The summed E-state index contributed by atoms with van der Waals surface area (Å²) in [6.45, 7) is 12.0. The molecule has 0 bridgehead atoms. The number of hydrogen-bond acceptors (Lipinski definition) is 6. The van der Waals surface area contributed by atoms with E-state index in [0.717, 1.165) is 38.5 Å². The summed E-state index contributed by atoms with van der Waals surface area (Å²) < 4.78 is 15.0. The number of rotatable bonds is 18. The Balaban J connectivity index is 5.60. The van der Waals surface area contributed by atoms with Crippen molar-refractivity contribution < 1.29 is 28.6 Å². The molecule has 0 rings (SSSR count). The molecule has 0 heterocycles. The molecule has 7 heteroatoms. The van der Waals surface area contributed by atoms with Gasteiger partial charge in [0, 0.05) is 0 Å². The molecule has 0 aromatic rings. The van der Waals surface area contributed by atoms with Crippen LogP contribution in [0.5, 0.6) is 0 Å². The number of esters is 3. The molecule has 3 unspecified atom stereocenters. The van der Waals surface area contributed by atoms with Crippen molar-refractivity contribution in [2.24, 2.45) is 17.8 Å². The van der Waals surface area contributed by atoms with E-state index in [-0.39, 0.29) is 17.8 Å². The summed E-state index contributed by atoms with van der Waals surface area (Å²) in [5.74, 6) is -2.34. The quantitative estimate of drug-likeness (QED) is 0.116. The van der Waals surface area contributed by atoms with Crippen LogP contribution in [0.1, 0.15) is 119 Å². The second-order valence-electron chi connectivity index (χ2n) is 8.56. The Labute approximate surface area is 209 Å². The maximum atomic E-state index is 12.9. The zero-order chi connectivity index (χ0) is 24.6. The van der Waals surface area contributed by atoms with Crippen LogP contribution in [0, 0.1) is 17.8 Å². The van der Waals surface area contributed by atoms with Gasteiger partial charge >= 0.3 is 209 Å². The minimum atomic E-state index is -1.96. The van der Waals surface area contributed by atoms with Crippen LogP contribution in [0.25, 0.3) is 0 Å². The van der Waals surface area contributed by atoms with Gasteiger partial charge < -0.3 is 0 Å². The summed E-state index contributed by atoms with van der Waals surface area (Å²) in [7, 11) is 0. The fourth-order valence-corrected chi connectivity index (χ4v) is 4.39. The average Bonchev–Trinajstić information content (AvgIpc) is 2.74. The van der Waals surface area contributed by atoms with Crippen molar-refractivity contribution in [3.05, 3.63) is 0 Å². The molecule has 185 valence electrons. The number of carbonyl (C=O) groups is 3. The standard InChI is InChI=1S/C25H45O6.Sn/c1-7-13-16-19(10-4)22(26)29-25(30-23(27)20(11-5)17-14-8-2)31-24(28)21(12-6)18-15-9-3;/h19-21H,7-18H2,1-6H3;. The topological polar surface area (TPSA) is 78.9 Å². The summed E-state index contributed by atoms with van der Waals surface area (Å²) in [5, 5.41) is 0. The molecule has 32 heavy (non-hydrogen) atoms. The van der Waals surface area contributed by atoms with Gasteiger partial charge in [0.05, 0.1) is 0 Å². The van der Waals surface area contributed by atoms with Gasteiger partial charge in [-0.15, -0.1) is 0 Å². The van der Waals surface area contributed by atoms with E-state index in [4.69, 9.17) is 14.2 Å². The summed E-state index contributed by atoms with van der Waals surface area (Å²) in [4.78, 5) is 38.7. The molecule has 0 saturated carbocycles. The van der Waals surface area contributed by atoms with Crippen molar-refractivity contribution in [1.29, 1.82) is 0 Å². The normalized spacial score (nSPS) is 15.8. The molecule has 0 amide bonds. The predicted octanol–water partition coefficient (Wildman–Crippen LogP) is 6.05. The zero-order valence-corrected chi connectivity index (χ0v) is 24.0. The first kappa shape index (κ1) is 31.2. The van der Waals surface area contributed by atoms with E-state index in [0.29, 0.717) is 61.0 Å². The van der Waals surface area contributed by atoms with Crippen LogP contribution in [0.3, 0.4) is 0 Å². The van der Waals surface area contributed by atoms with Crippen molar-refractivity contribution in [3.8, 4) is 0 Å². The summed E-state index contributed by atoms with van der Waals surface area (Å²) in [5.41, 5.74) is 0. The van der Waals surface area contributed by atoms with Crippen molar-refractivity contribution in [2.45, 2.75) is 123 Å². The molecule has 0 aliphatic rings. The number of carbonyl (C=O) groups excluding carboxylic acids is 3. The van der Waals surface area contributed by atoms with Crippen LogP contribution in [0.15, 0.2) is 0 Å². The Bertz CT molecular complexity index is 476. The zero-order valence-electron chi connectivity index (χ0n) is 21.2. The van der Waals surface area contributed by atoms with Crippen molar-refractivity contribution in [2.75, 3.05) is 0 Å². The Morgan fingerprint density at radius 3 is 1.03 bits per heavy atom. The third-order valence-corrected chi connectivity index (χ3v) is 6.78. The Kier molecular flexibility index (Phi) is 17.2. The molecule has 0 aliphatic heterocycles. The number of hydrogen-bond donors (Lipinski definition) is 0. The predicted molar refractivity (Wildman–Crippen MR) is 127 cm³/mol. The van der Waals surface area contributed by atoms with Gasteiger partial charge in [-0.3, -0.25) is 0 Å². The Hall–Kier alpha value is -0.791. The van der Waals surface area contributed by atoms with Crippen LogP contribution in [-0.4, -0.2) is 44.4 Å². The van der Waals surface area contributed by atoms with E-state index in [9.17, 15) is 14.4 Å². The minimum absolute atomic E-state index is 0.309. The van der Waals surface area contributed by atoms with Gasteiger partial charge in [-0.05, 0) is 0 Å². The molecular weight excluding hydrogens is 515 g/mol. The molecule has 0 fully saturated rings. The average molecular weight is 560 g/mol. The van der Waals surface area contributed by atoms with E-state index >= 15 is 0 Å². The monoisotopic (exact) mass is 561 g/mol. The molecule has 0 aromatic heterocycles. The molecule has 0 spiro atoms. The van der Waals surface area contributed by atoms with Gasteiger partial charge in [0.25, 0.3) is 0 Å². The molecule has 0 aromatic carbocycles. The molecule has 6 nitrogen and oxygen atoms in total. The summed E-state index contributed by atoms with van der Waals surface area (Å²) in [6, 6.07) is 0. The Morgan fingerprint density at radius 2 is 0.844 bits per heavy atom. The van der Waals surface area contributed by atoms with Gasteiger partial charge in [0.2, 0.25) is 0 Å². The van der Waals surface area contributed by atoms with Crippen molar-refractivity contribution in [3.63, 3.8) is 0 Å². The second-order valence-corrected chi connectivity index (χ2v) is 10.3. The summed E-state index contributed by atoms with van der Waals surface area (Å²) >= 11 is 0.509. The molecule has 0 N–H and O–H groups in total. The van der Waals surface area contributed by atoms with Gasteiger partial charge in [0.15, 0.2) is 0 Å². The van der Waals surface area contributed by atoms with E-state index in [1.165, 1.54) is 0 Å². The maximum absolute atomic E-state index is 12.9. The number of ether oxygens (including phenoxy) is 3. The van der Waals surface area contributed by atoms with E-state index < -0.39 is 21.9 Å². The van der Waals surface area contributed by atoms with Crippen LogP contribution >= 0.6 is 0 Å². The molecule has 0 saturated heterocycles. The van der Waals surface area contributed by atoms with Crippen molar-refractivity contribution >= 4 is 40.4 Å².